The summed E-state index contributed by atoms with van der Waals surface area (Å²) in [6.07, 6.45) is 1.62. The molecule has 9 nitrogen and oxygen atoms in total. The Kier molecular flexibility index (Phi) is 4.04. The van der Waals surface area contributed by atoms with Gasteiger partial charge in [0.1, 0.15) is 5.65 Å². The van der Waals surface area contributed by atoms with Gasteiger partial charge in [-0.1, -0.05) is 0 Å². The van der Waals surface area contributed by atoms with E-state index in [-0.39, 0.29) is 28.6 Å². The van der Waals surface area contributed by atoms with Crippen LogP contribution in [0.1, 0.15) is 5.69 Å². The Morgan fingerprint density at radius 2 is 1.85 bits per heavy atom. The van der Waals surface area contributed by atoms with Crippen LogP contribution >= 0.6 is 27.5 Å². The van der Waals surface area contributed by atoms with Gasteiger partial charge in [-0.25, -0.2) is 9.78 Å². The normalized spacial score (nSPS) is 11.6. The Morgan fingerprint density at radius 1 is 1.11 bits per heavy atom. The predicted octanol–water partition coefficient (Wildman–Crippen LogP) is 0.906. The number of pyridine rings is 1. The van der Waals surface area contributed by atoms with E-state index in [2.05, 4.69) is 25.9 Å². The maximum atomic E-state index is 12.6. The predicted molar refractivity (Wildman–Crippen MR) is 103 cm³/mol. The number of rotatable bonds is 2. The molecule has 4 heterocycles. The summed E-state index contributed by atoms with van der Waals surface area (Å²) in [5.74, 6) is 0. The lowest BCUT2D eigenvalue weighted by Crippen LogP contribution is -2.37. The van der Waals surface area contributed by atoms with Crippen molar-refractivity contribution in [3.8, 4) is 0 Å². The van der Waals surface area contributed by atoms with Gasteiger partial charge in [0.05, 0.1) is 12.2 Å². The molecule has 11 heteroatoms. The number of aryl methyl sites for hydroxylation is 1. The third kappa shape index (κ3) is 2.72. The van der Waals surface area contributed by atoms with Gasteiger partial charge in [-0.05, 0) is 39.7 Å². The molecule has 0 fully saturated rings. The molecule has 0 amide bonds. The van der Waals surface area contributed by atoms with Crippen LogP contribution in [0.25, 0.3) is 16.8 Å². The van der Waals surface area contributed by atoms with Crippen molar-refractivity contribution < 1.29 is 0 Å². The Hall–Kier alpha value is -2.72. The second kappa shape index (κ2) is 6.17. The highest BCUT2D eigenvalue weighted by molar-refractivity contribution is 9.10. The molecule has 0 spiro atoms. The molecule has 4 rings (SSSR count). The van der Waals surface area contributed by atoms with Gasteiger partial charge in [0.2, 0.25) is 5.28 Å². The maximum absolute atomic E-state index is 12.6. The molecule has 0 atom stereocenters. The van der Waals surface area contributed by atoms with E-state index in [1.165, 1.54) is 33.7 Å². The smallest absolute Gasteiger partial charge is 0.303 e. The van der Waals surface area contributed by atoms with Crippen molar-refractivity contribution in [2.75, 3.05) is 0 Å². The van der Waals surface area contributed by atoms with Crippen molar-refractivity contribution in [3.05, 3.63) is 71.0 Å². The molecule has 0 unspecified atom stereocenters. The number of halogens is 2. The van der Waals surface area contributed by atoms with Crippen molar-refractivity contribution in [1.29, 1.82) is 0 Å². The summed E-state index contributed by atoms with van der Waals surface area (Å²) in [5.41, 5.74) is -0.0644. The van der Waals surface area contributed by atoms with Gasteiger partial charge in [0.25, 0.3) is 11.1 Å². The number of nitrogens with zero attached hydrogens (tertiary/aromatic N) is 6. The molecule has 138 valence electrons. The first kappa shape index (κ1) is 17.7. The van der Waals surface area contributed by atoms with Crippen molar-refractivity contribution in [1.82, 2.24) is 28.1 Å². The van der Waals surface area contributed by atoms with E-state index in [1.807, 2.05) is 0 Å². The van der Waals surface area contributed by atoms with Crippen molar-refractivity contribution >= 4 is 44.3 Å². The summed E-state index contributed by atoms with van der Waals surface area (Å²) in [6, 6.07) is 4.84. The fourth-order valence-electron chi connectivity index (χ4n) is 2.93. The fourth-order valence-corrected chi connectivity index (χ4v) is 3.49. The monoisotopic (exact) mass is 450 g/mol. The van der Waals surface area contributed by atoms with E-state index in [1.54, 1.807) is 18.3 Å². The first-order valence-corrected chi connectivity index (χ1v) is 8.94. The molecule has 0 bridgehead atoms. The largest absolute Gasteiger partial charge is 0.332 e. The van der Waals surface area contributed by atoms with Crippen LogP contribution in [-0.4, -0.2) is 28.1 Å². The van der Waals surface area contributed by atoms with Crippen molar-refractivity contribution in [2.45, 2.75) is 6.54 Å². The molecule has 4 aromatic rings. The highest BCUT2D eigenvalue weighted by atomic mass is 79.9. The van der Waals surface area contributed by atoms with Gasteiger partial charge in [-0.2, -0.15) is 4.98 Å². The van der Waals surface area contributed by atoms with E-state index in [0.29, 0.717) is 11.3 Å². The quantitative estimate of drug-likeness (QED) is 0.422. The summed E-state index contributed by atoms with van der Waals surface area (Å²) < 4.78 is 5.83. The molecule has 0 radical (unpaired) electrons. The average Bonchev–Trinajstić information content (AvgIpc) is 2.95. The molecule has 0 saturated heterocycles. The Morgan fingerprint density at radius 3 is 2.59 bits per heavy atom. The van der Waals surface area contributed by atoms with Gasteiger partial charge < -0.3 is 4.57 Å². The molecular weight excluding hydrogens is 440 g/mol. The second-order valence-corrected chi connectivity index (χ2v) is 7.26. The zero-order valence-electron chi connectivity index (χ0n) is 14.2. The van der Waals surface area contributed by atoms with Gasteiger partial charge in [0, 0.05) is 30.8 Å². The summed E-state index contributed by atoms with van der Waals surface area (Å²) in [7, 11) is 2.89. The Labute approximate surface area is 164 Å². The molecule has 0 aliphatic heterocycles. The molecular formula is C16H12BrClN6O3. The minimum atomic E-state index is -0.519. The van der Waals surface area contributed by atoms with E-state index in [9.17, 15) is 14.4 Å². The van der Waals surface area contributed by atoms with Crippen LogP contribution in [0, 0.1) is 0 Å². The number of hydrogen-bond acceptors (Lipinski definition) is 5. The Balaban J connectivity index is 1.95. The zero-order chi connectivity index (χ0) is 19.5. The fraction of sp³-hybridized carbons (Fsp3) is 0.188. The summed E-state index contributed by atoms with van der Waals surface area (Å²) in [6.45, 7) is 0.0601. The van der Waals surface area contributed by atoms with E-state index in [4.69, 9.17) is 11.6 Å². The molecule has 0 aliphatic carbocycles. The lowest BCUT2D eigenvalue weighted by Gasteiger charge is -2.08. The maximum Gasteiger partial charge on any atom is 0.332 e. The molecule has 4 aromatic heterocycles. The van der Waals surface area contributed by atoms with Gasteiger partial charge in [-0.15, -0.1) is 0 Å². The minimum Gasteiger partial charge on any atom is -0.303 e. The molecule has 0 aromatic carbocycles. The van der Waals surface area contributed by atoms with E-state index in [0.717, 1.165) is 9.04 Å². The zero-order valence-corrected chi connectivity index (χ0v) is 16.5. The first-order chi connectivity index (χ1) is 12.8. The number of imidazole rings is 1. The van der Waals surface area contributed by atoms with Crippen LogP contribution in [0.5, 0.6) is 0 Å². The molecule has 0 N–H and O–H groups in total. The first-order valence-electron chi connectivity index (χ1n) is 7.77. The average molecular weight is 452 g/mol. The highest BCUT2D eigenvalue weighted by Gasteiger charge is 2.19. The lowest BCUT2D eigenvalue weighted by atomic mass is 10.3. The SMILES string of the molecule is Cn1c(=O)c2c(nc(Cl)n2Cc2cc(=O)n3cc(Br)ccc3n2)n(C)c1=O. The Bertz CT molecular complexity index is 1410. The van der Waals surface area contributed by atoms with Crippen molar-refractivity contribution in [3.63, 3.8) is 0 Å². The van der Waals surface area contributed by atoms with E-state index < -0.39 is 11.2 Å². The highest BCUT2D eigenvalue weighted by Crippen LogP contribution is 2.17. The summed E-state index contributed by atoms with van der Waals surface area (Å²) >= 11 is 9.53. The second-order valence-electron chi connectivity index (χ2n) is 6.01. The number of aromatic nitrogens is 6. The van der Waals surface area contributed by atoms with Crippen LogP contribution in [-0.2, 0) is 20.6 Å². The van der Waals surface area contributed by atoms with Crippen LogP contribution in [0.4, 0.5) is 0 Å². The van der Waals surface area contributed by atoms with Crippen LogP contribution in [0.2, 0.25) is 5.28 Å². The lowest BCUT2D eigenvalue weighted by molar-refractivity contribution is 0.701. The topological polar surface area (TPSA) is 96.2 Å². The third-order valence-corrected chi connectivity index (χ3v) is 5.06. The van der Waals surface area contributed by atoms with Gasteiger partial charge in [0.15, 0.2) is 11.2 Å². The van der Waals surface area contributed by atoms with Crippen molar-refractivity contribution in [2.24, 2.45) is 14.1 Å². The van der Waals surface area contributed by atoms with Gasteiger partial charge >= 0.3 is 5.69 Å². The molecule has 0 saturated carbocycles. The van der Waals surface area contributed by atoms with Crippen LogP contribution in [0.15, 0.2) is 43.3 Å². The standard InChI is InChI=1S/C16H12BrClN6O3/c1-21-13-12(14(26)22(2)16(21)27)24(15(18)20-13)7-9-5-11(25)23-6-8(17)3-4-10(23)19-9/h3-6H,7H2,1-2H3. The molecule has 0 aliphatic rings. The molecule has 27 heavy (non-hydrogen) atoms. The van der Waals surface area contributed by atoms with Crippen LogP contribution < -0.4 is 16.8 Å². The van der Waals surface area contributed by atoms with E-state index >= 15 is 0 Å². The number of fused-ring (bicyclic) bond motifs is 2. The van der Waals surface area contributed by atoms with Crippen LogP contribution in [0.3, 0.4) is 0 Å². The number of hydrogen-bond donors (Lipinski definition) is 0. The third-order valence-electron chi connectivity index (χ3n) is 4.30. The summed E-state index contributed by atoms with van der Waals surface area (Å²) in [4.78, 5) is 45.6. The van der Waals surface area contributed by atoms with Gasteiger partial charge in [-0.3, -0.25) is 23.1 Å². The summed E-state index contributed by atoms with van der Waals surface area (Å²) in [5, 5.41) is 0.0288. The minimum absolute atomic E-state index is 0.0288.